The van der Waals surface area contributed by atoms with Crippen LogP contribution in [0.1, 0.15) is 26.7 Å². The van der Waals surface area contributed by atoms with Gasteiger partial charge in [0.1, 0.15) is 30.1 Å². The number of primary amides is 1. The molecule has 2 aromatic carbocycles. The molecule has 230 valence electrons. The summed E-state index contributed by atoms with van der Waals surface area (Å²) in [5.41, 5.74) is 11.1. The monoisotopic (exact) mass is 640 g/mol. The van der Waals surface area contributed by atoms with Gasteiger partial charge in [0, 0.05) is 49.4 Å². The molecule has 43 heavy (non-hydrogen) atoms. The number of hydrogen-bond donors (Lipinski definition) is 4. The summed E-state index contributed by atoms with van der Waals surface area (Å²) in [6.07, 6.45) is 1.17. The summed E-state index contributed by atoms with van der Waals surface area (Å²) in [6, 6.07) is 5.57. The highest BCUT2D eigenvalue weighted by molar-refractivity contribution is 7.86. The van der Waals surface area contributed by atoms with Crippen LogP contribution in [-0.2, 0) is 21.5 Å². The molecule has 4 rings (SSSR count). The fourth-order valence-corrected chi connectivity index (χ4v) is 5.67. The molecule has 1 atom stereocenters. The first-order chi connectivity index (χ1) is 20.3. The van der Waals surface area contributed by atoms with Gasteiger partial charge in [0.2, 0.25) is 11.8 Å². The lowest BCUT2D eigenvalue weighted by atomic mass is 9.98. The van der Waals surface area contributed by atoms with Gasteiger partial charge >= 0.3 is 0 Å². The molecule has 2 amide bonds. The van der Waals surface area contributed by atoms with E-state index in [4.69, 9.17) is 32.9 Å². The van der Waals surface area contributed by atoms with E-state index in [1.165, 1.54) is 29.3 Å². The molecule has 6 N–H and O–H groups in total. The van der Waals surface area contributed by atoms with Gasteiger partial charge in [-0.25, -0.2) is 18.7 Å². The number of benzene rings is 2. The van der Waals surface area contributed by atoms with E-state index >= 15 is 0 Å². The SMILES string of the molecule is NC(=O)c1ccc(C(CN2CCN(C(=O)CO)CC2)S(=O)(=O)O)c(-c2cnc(N)c(OCc3c(F)ccc(F)c3Cl)n2)c1. The van der Waals surface area contributed by atoms with E-state index in [0.717, 1.165) is 12.1 Å². The predicted molar refractivity (Wildman–Crippen MR) is 150 cm³/mol. The minimum atomic E-state index is -4.77. The molecule has 0 radical (unpaired) electrons. The number of ether oxygens (including phenoxy) is 1. The van der Waals surface area contributed by atoms with E-state index in [0.29, 0.717) is 0 Å². The van der Waals surface area contributed by atoms with Crippen LogP contribution in [0.3, 0.4) is 0 Å². The topological polar surface area (TPSA) is 202 Å². The Hall–Kier alpha value is -3.96. The van der Waals surface area contributed by atoms with Crippen molar-refractivity contribution in [3.05, 3.63) is 69.9 Å². The second-order valence-corrected chi connectivity index (χ2v) is 11.5. The Balaban J connectivity index is 1.70. The van der Waals surface area contributed by atoms with Crippen LogP contribution in [0.4, 0.5) is 14.6 Å². The molecule has 3 aromatic rings. The average Bonchev–Trinajstić information content (AvgIpc) is 2.97. The third-order valence-electron chi connectivity index (χ3n) is 6.86. The van der Waals surface area contributed by atoms with Crippen LogP contribution in [-0.4, -0.2) is 89.0 Å². The Morgan fingerprint density at radius 2 is 1.79 bits per heavy atom. The number of halogens is 3. The van der Waals surface area contributed by atoms with Gasteiger partial charge < -0.3 is 26.2 Å². The molecule has 1 unspecified atom stereocenters. The van der Waals surface area contributed by atoms with Crippen molar-refractivity contribution in [1.29, 1.82) is 0 Å². The number of nitrogens with zero attached hydrogens (tertiary/aromatic N) is 4. The van der Waals surface area contributed by atoms with Crippen LogP contribution in [0.5, 0.6) is 5.88 Å². The highest BCUT2D eigenvalue weighted by atomic mass is 35.5. The average molecular weight is 641 g/mol. The minimum Gasteiger partial charge on any atom is -0.470 e. The summed E-state index contributed by atoms with van der Waals surface area (Å²) < 4.78 is 69.3. The molecule has 0 bridgehead atoms. The Labute approximate surface area is 249 Å². The number of hydrogen-bond acceptors (Lipinski definition) is 10. The van der Waals surface area contributed by atoms with Crippen LogP contribution >= 0.6 is 11.6 Å². The van der Waals surface area contributed by atoms with E-state index < -0.39 is 57.1 Å². The number of aromatic nitrogens is 2. The summed E-state index contributed by atoms with van der Waals surface area (Å²) in [4.78, 5) is 35.2. The van der Waals surface area contributed by atoms with E-state index in [9.17, 15) is 31.3 Å². The smallest absolute Gasteiger partial charge is 0.273 e. The third-order valence-corrected chi connectivity index (χ3v) is 8.39. The highest BCUT2D eigenvalue weighted by Crippen LogP contribution is 2.35. The molecule has 0 spiro atoms. The first-order valence-corrected chi connectivity index (χ1v) is 14.6. The van der Waals surface area contributed by atoms with E-state index in [-0.39, 0.29) is 72.4 Å². The first kappa shape index (κ1) is 32.0. The maximum atomic E-state index is 14.3. The van der Waals surface area contributed by atoms with Crippen molar-refractivity contribution in [2.75, 3.05) is 45.1 Å². The maximum absolute atomic E-state index is 14.3. The second kappa shape index (κ2) is 13.1. The molecule has 17 heteroatoms. The molecular formula is C26H27ClF2N6O7S. The number of anilines is 1. The number of aliphatic hydroxyl groups excluding tert-OH is 1. The Morgan fingerprint density at radius 3 is 2.42 bits per heavy atom. The van der Waals surface area contributed by atoms with Crippen LogP contribution in [0.25, 0.3) is 11.3 Å². The number of carbonyl (C=O) groups excluding carboxylic acids is 2. The molecule has 0 aliphatic carbocycles. The number of piperazine rings is 1. The standard InChI is InChI=1S/C26H27ClF2N6O7S/c27-23-17(18(28)3-4-19(23)29)13-42-26-24(30)32-10-20(33-26)16-9-14(25(31)38)1-2-15(16)21(43(39,40)41)11-34-5-7-35(8-6-34)22(37)12-36/h1-4,9-10,21,36H,5-8,11-13H2,(H2,30,32)(H2,31,38)(H,39,40,41). The van der Waals surface area contributed by atoms with Crippen LogP contribution in [0.15, 0.2) is 36.5 Å². The van der Waals surface area contributed by atoms with Gasteiger partial charge in [-0.1, -0.05) is 17.7 Å². The predicted octanol–water partition coefficient (Wildman–Crippen LogP) is 1.40. The zero-order valence-corrected chi connectivity index (χ0v) is 24.0. The van der Waals surface area contributed by atoms with Crippen molar-refractivity contribution < 1.29 is 41.2 Å². The van der Waals surface area contributed by atoms with Gasteiger partial charge in [0.25, 0.3) is 16.0 Å². The van der Waals surface area contributed by atoms with Gasteiger partial charge in [-0.3, -0.25) is 19.0 Å². The third kappa shape index (κ3) is 7.34. The molecule has 0 saturated carbocycles. The number of nitrogens with two attached hydrogens (primary N) is 2. The van der Waals surface area contributed by atoms with E-state index in [1.807, 2.05) is 0 Å². The largest absolute Gasteiger partial charge is 0.470 e. The first-order valence-electron chi connectivity index (χ1n) is 12.7. The van der Waals surface area contributed by atoms with E-state index in [1.54, 1.807) is 4.90 Å². The van der Waals surface area contributed by atoms with Crippen molar-refractivity contribution in [1.82, 2.24) is 19.8 Å². The Kier molecular flexibility index (Phi) is 9.76. The lowest BCUT2D eigenvalue weighted by Gasteiger charge is -2.36. The van der Waals surface area contributed by atoms with Crippen molar-refractivity contribution in [3.63, 3.8) is 0 Å². The summed E-state index contributed by atoms with van der Waals surface area (Å²) in [7, 11) is -4.77. The van der Waals surface area contributed by atoms with Gasteiger partial charge in [-0.05, 0) is 29.8 Å². The second-order valence-electron chi connectivity index (χ2n) is 9.57. The van der Waals surface area contributed by atoms with Crippen LogP contribution in [0, 0.1) is 11.6 Å². The summed E-state index contributed by atoms with van der Waals surface area (Å²) in [5, 5.41) is 7.05. The molecule has 1 aliphatic heterocycles. The lowest BCUT2D eigenvalue weighted by molar-refractivity contribution is -0.135. The number of amides is 2. The lowest BCUT2D eigenvalue weighted by Crippen LogP contribution is -2.50. The van der Waals surface area contributed by atoms with Gasteiger partial charge in [-0.2, -0.15) is 8.42 Å². The zero-order valence-electron chi connectivity index (χ0n) is 22.4. The maximum Gasteiger partial charge on any atom is 0.273 e. The number of aliphatic hydroxyl groups is 1. The minimum absolute atomic E-state index is 0.0151. The van der Waals surface area contributed by atoms with Crippen molar-refractivity contribution >= 4 is 39.4 Å². The van der Waals surface area contributed by atoms with Crippen molar-refractivity contribution in [2.24, 2.45) is 5.73 Å². The van der Waals surface area contributed by atoms with E-state index in [2.05, 4.69) is 9.97 Å². The van der Waals surface area contributed by atoms with Crippen molar-refractivity contribution in [2.45, 2.75) is 11.9 Å². The number of rotatable bonds is 10. The molecule has 1 aromatic heterocycles. The fraction of sp³-hybridized carbons (Fsp3) is 0.308. The summed E-state index contributed by atoms with van der Waals surface area (Å²) >= 11 is 5.87. The van der Waals surface area contributed by atoms with Crippen LogP contribution < -0.4 is 16.2 Å². The van der Waals surface area contributed by atoms with Crippen LogP contribution in [0.2, 0.25) is 5.02 Å². The number of carbonyl (C=O) groups is 2. The van der Waals surface area contributed by atoms with Gasteiger partial charge in [0.15, 0.2) is 5.82 Å². The number of nitrogen functional groups attached to an aromatic ring is 1. The molecule has 2 heterocycles. The molecule has 13 nitrogen and oxygen atoms in total. The fourth-order valence-electron chi connectivity index (χ4n) is 4.54. The van der Waals surface area contributed by atoms with Gasteiger partial charge in [0.05, 0.1) is 16.9 Å². The normalized spacial score (nSPS) is 14.9. The molecule has 1 fully saturated rings. The van der Waals surface area contributed by atoms with Gasteiger partial charge in [-0.15, -0.1) is 0 Å². The molecular weight excluding hydrogens is 614 g/mol. The Bertz CT molecular complexity index is 1660. The molecule has 1 aliphatic rings. The van der Waals surface area contributed by atoms with Crippen molar-refractivity contribution in [3.8, 4) is 17.1 Å². The zero-order chi connectivity index (χ0) is 31.5. The Morgan fingerprint density at radius 1 is 1.12 bits per heavy atom. The molecule has 1 saturated heterocycles. The summed E-state index contributed by atoms with van der Waals surface area (Å²) in [6.45, 7) is -0.474. The highest BCUT2D eigenvalue weighted by Gasteiger charge is 2.33. The quantitative estimate of drug-likeness (QED) is 0.184. The summed E-state index contributed by atoms with van der Waals surface area (Å²) in [5.74, 6) is -3.59.